The summed E-state index contributed by atoms with van der Waals surface area (Å²) < 4.78 is 16.5. The standard InChI is InChI=1S/C27H26N2O5/c30-26-14-21(16-29(26)22-8-11-24-25(15-22)34-18-33-24)27(31)28-13-12-19-6-9-23(10-7-19)32-17-20-4-2-1-3-5-20/h1-11,15,21H,12-14,16-18H2,(H,28,31). The fraction of sp³-hybridized carbons (Fsp3) is 0.259. The Morgan fingerprint density at radius 2 is 1.76 bits per heavy atom. The number of amides is 2. The Kier molecular flexibility index (Phi) is 6.33. The molecule has 2 aliphatic rings. The highest BCUT2D eigenvalue weighted by atomic mass is 16.7. The van der Waals surface area contributed by atoms with Crippen molar-refractivity contribution in [3.63, 3.8) is 0 Å². The molecule has 2 amide bonds. The van der Waals surface area contributed by atoms with E-state index >= 15 is 0 Å². The van der Waals surface area contributed by atoms with E-state index < -0.39 is 0 Å². The molecule has 2 aliphatic heterocycles. The maximum Gasteiger partial charge on any atom is 0.231 e. The number of benzene rings is 3. The summed E-state index contributed by atoms with van der Waals surface area (Å²) in [4.78, 5) is 26.8. The molecule has 174 valence electrons. The van der Waals surface area contributed by atoms with Gasteiger partial charge in [-0.15, -0.1) is 0 Å². The summed E-state index contributed by atoms with van der Waals surface area (Å²) >= 11 is 0. The van der Waals surface area contributed by atoms with Crippen LogP contribution in [0.25, 0.3) is 0 Å². The van der Waals surface area contributed by atoms with E-state index in [2.05, 4.69) is 5.32 Å². The Labute approximate surface area is 198 Å². The van der Waals surface area contributed by atoms with Gasteiger partial charge in [0.1, 0.15) is 12.4 Å². The van der Waals surface area contributed by atoms with Crippen molar-refractivity contribution < 1.29 is 23.8 Å². The highest BCUT2D eigenvalue weighted by molar-refractivity contribution is 6.00. The van der Waals surface area contributed by atoms with Gasteiger partial charge in [0.05, 0.1) is 5.92 Å². The monoisotopic (exact) mass is 458 g/mol. The second kappa shape index (κ2) is 9.87. The van der Waals surface area contributed by atoms with Gasteiger partial charge in [0.25, 0.3) is 0 Å². The molecule has 1 saturated heterocycles. The average Bonchev–Trinajstić information content (AvgIpc) is 3.50. The summed E-state index contributed by atoms with van der Waals surface area (Å²) in [5, 5.41) is 2.97. The highest BCUT2D eigenvalue weighted by Crippen LogP contribution is 2.37. The lowest BCUT2D eigenvalue weighted by molar-refractivity contribution is -0.126. The first-order chi connectivity index (χ1) is 16.7. The number of hydrogen-bond donors (Lipinski definition) is 1. The summed E-state index contributed by atoms with van der Waals surface area (Å²) in [6.45, 7) is 1.58. The zero-order chi connectivity index (χ0) is 23.3. The van der Waals surface area contributed by atoms with Crippen molar-refractivity contribution in [3.8, 4) is 17.2 Å². The molecular weight excluding hydrogens is 432 g/mol. The fourth-order valence-electron chi connectivity index (χ4n) is 4.15. The van der Waals surface area contributed by atoms with Crippen molar-refractivity contribution in [3.05, 3.63) is 83.9 Å². The molecule has 1 atom stereocenters. The van der Waals surface area contributed by atoms with Crippen molar-refractivity contribution in [2.45, 2.75) is 19.4 Å². The molecular formula is C27H26N2O5. The molecule has 0 radical (unpaired) electrons. The largest absolute Gasteiger partial charge is 0.489 e. The van der Waals surface area contributed by atoms with Crippen molar-refractivity contribution >= 4 is 17.5 Å². The van der Waals surface area contributed by atoms with Gasteiger partial charge in [0.15, 0.2) is 11.5 Å². The van der Waals surface area contributed by atoms with Gasteiger partial charge in [0, 0.05) is 31.3 Å². The molecule has 1 fully saturated rings. The van der Waals surface area contributed by atoms with E-state index in [4.69, 9.17) is 14.2 Å². The Morgan fingerprint density at radius 3 is 2.59 bits per heavy atom. The molecule has 0 bridgehead atoms. The topological polar surface area (TPSA) is 77.1 Å². The molecule has 7 nitrogen and oxygen atoms in total. The molecule has 0 saturated carbocycles. The van der Waals surface area contributed by atoms with E-state index in [-0.39, 0.29) is 30.9 Å². The summed E-state index contributed by atoms with van der Waals surface area (Å²) in [7, 11) is 0. The number of anilines is 1. The lowest BCUT2D eigenvalue weighted by atomic mass is 10.1. The van der Waals surface area contributed by atoms with Crippen LogP contribution in [0.2, 0.25) is 0 Å². The second-order valence-electron chi connectivity index (χ2n) is 8.40. The van der Waals surface area contributed by atoms with Crippen LogP contribution in [0, 0.1) is 5.92 Å². The Bertz CT molecular complexity index is 1160. The molecule has 3 aromatic rings. The fourth-order valence-corrected chi connectivity index (χ4v) is 4.15. The van der Waals surface area contributed by atoms with Crippen molar-refractivity contribution in [2.24, 2.45) is 5.92 Å². The zero-order valence-electron chi connectivity index (χ0n) is 18.7. The van der Waals surface area contributed by atoms with E-state index in [1.165, 1.54) is 0 Å². The number of carbonyl (C=O) groups is 2. The summed E-state index contributed by atoms with van der Waals surface area (Å²) in [5.74, 6) is 1.57. The Hall–Kier alpha value is -4.00. The number of carbonyl (C=O) groups excluding carboxylic acids is 2. The van der Waals surface area contributed by atoms with E-state index in [1.54, 1.807) is 17.0 Å². The molecule has 0 aromatic heterocycles. The highest BCUT2D eigenvalue weighted by Gasteiger charge is 2.35. The summed E-state index contributed by atoms with van der Waals surface area (Å²) in [6.07, 6.45) is 0.908. The first-order valence-corrected chi connectivity index (χ1v) is 11.4. The van der Waals surface area contributed by atoms with Gasteiger partial charge < -0.3 is 24.4 Å². The van der Waals surface area contributed by atoms with Crippen LogP contribution < -0.4 is 24.4 Å². The van der Waals surface area contributed by atoms with Crippen LogP contribution in [0.5, 0.6) is 17.2 Å². The van der Waals surface area contributed by atoms with Crippen LogP contribution in [0.1, 0.15) is 17.5 Å². The second-order valence-corrected chi connectivity index (χ2v) is 8.40. The maximum absolute atomic E-state index is 12.7. The zero-order valence-corrected chi connectivity index (χ0v) is 18.7. The lowest BCUT2D eigenvalue weighted by Gasteiger charge is -2.17. The SMILES string of the molecule is O=C(NCCc1ccc(OCc2ccccc2)cc1)C1CC(=O)N(c2ccc3c(c2)OCO3)C1. The van der Waals surface area contributed by atoms with Crippen molar-refractivity contribution in [1.82, 2.24) is 5.32 Å². The predicted octanol–water partition coefficient (Wildman–Crippen LogP) is 3.71. The average molecular weight is 459 g/mol. The van der Waals surface area contributed by atoms with E-state index in [9.17, 15) is 9.59 Å². The lowest BCUT2D eigenvalue weighted by Crippen LogP contribution is -2.34. The molecule has 2 heterocycles. The number of nitrogens with zero attached hydrogens (tertiary/aromatic N) is 1. The third kappa shape index (κ3) is 4.98. The van der Waals surface area contributed by atoms with Crippen LogP contribution in [-0.4, -0.2) is 31.7 Å². The van der Waals surface area contributed by atoms with Gasteiger partial charge in [0.2, 0.25) is 18.6 Å². The van der Waals surface area contributed by atoms with Crippen molar-refractivity contribution in [1.29, 1.82) is 0 Å². The Balaban J connectivity index is 1.08. The number of nitrogens with one attached hydrogen (secondary N) is 1. The molecule has 3 aromatic carbocycles. The quantitative estimate of drug-likeness (QED) is 0.557. The van der Waals surface area contributed by atoms with Crippen LogP contribution in [-0.2, 0) is 22.6 Å². The van der Waals surface area contributed by atoms with E-state index in [0.717, 1.165) is 22.6 Å². The van der Waals surface area contributed by atoms with E-state index in [0.29, 0.717) is 37.6 Å². The minimum atomic E-state index is -0.369. The molecule has 34 heavy (non-hydrogen) atoms. The maximum atomic E-state index is 12.7. The van der Waals surface area contributed by atoms with Gasteiger partial charge >= 0.3 is 0 Å². The van der Waals surface area contributed by atoms with Crippen LogP contribution >= 0.6 is 0 Å². The third-order valence-electron chi connectivity index (χ3n) is 6.05. The summed E-state index contributed by atoms with van der Waals surface area (Å²) in [6, 6.07) is 23.3. The predicted molar refractivity (Wildman–Crippen MR) is 127 cm³/mol. The number of ether oxygens (including phenoxy) is 3. The number of rotatable bonds is 8. The minimum absolute atomic E-state index is 0.0647. The smallest absolute Gasteiger partial charge is 0.231 e. The van der Waals surface area contributed by atoms with Crippen LogP contribution in [0.3, 0.4) is 0 Å². The molecule has 5 rings (SSSR count). The van der Waals surface area contributed by atoms with Crippen LogP contribution in [0.4, 0.5) is 5.69 Å². The first kappa shape index (κ1) is 21.8. The van der Waals surface area contributed by atoms with E-state index in [1.807, 2.05) is 60.7 Å². The van der Waals surface area contributed by atoms with Gasteiger partial charge in [-0.3, -0.25) is 9.59 Å². The molecule has 1 N–H and O–H groups in total. The number of hydrogen-bond acceptors (Lipinski definition) is 5. The minimum Gasteiger partial charge on any atom is -0.489 e. The Morgan fingerprint density at radius 1 is 0.971 bits per heavy atom. The van der Waals surface area contributed by atoms with Crippen LogP contribution in [0.15, 0.2) is 72.8 Å². The molecule has 0 spiro atoms. The number of fused-ring (bicyclic) bond motifs is 1. The van der Waals surface area contributed by atoms with Gasteiger partial charge in [-0.05, 0) is 41.8 Å². The third-order valence-corrected chi connectivity index (χ3v) is 6.05. The van der Waals surface area contributed by atoms with Gasteiger partial charge in [-0.25, -0.2) is 0 Å². The van der Waals surface area contributed by atoms with Gasteiger partial charge in [-0.1, -0.05) is 42.5 Å². The van der Waals surface area contributed by atoms with Crippen molar-refractivity contribution in [2.75, 3.05) is 24.8 Å². The molecule has 1 unspecified atom stereocenters. The summed E-state index contributed by atoms with van der Waals surface area (Å²) in [5.41, 5.74) is 2.95. The first-order valence-electron chi connectivity index (χ1n) is 11.4. The van der Waals surface area contributed by atoms with Gasteiger partial charge in [-0.2, -0.15) is 0 Å². The molecule has 0 aliphatic carbocycles. The molecule has 7 heteroatoms. The normalized spacial score (nSPS) is 16.5.